The molecule has 19 heavy (non-hydrogen) atoms. The van der Waals surface area contributed by atoms with E-state index in [1.807, 2.05) is 7.05 Å². The van der Waals surface area contributed by atoms with Crippen LogP contribution in [0.1, 0.15) is 30.0 Å². The fraction of sp³-hybridized carbons (Fsp3) is 0.333. The van der Waals surface area contributed by atoms with Gasteiger partial charge in [-0.1, -0.05) is 24.3 Å². The van der Waals surface area contributed by atoms with Crippen molar-refractivity contribution in [2.24, 2.45) is 0 Å². The molecule has 0 fully saturated rings. The molecule has 0 amide bonds. The van der Waals surface area contributed by atoms with Gasteiger partial charge in [0.2, 0.25) is 0 Å². The Labute approximate surface area is 113 Å². The molecule has 1 aliphatic carbocycles. The monoisotopic (exact) mass is 254 g/mol. The molecule has 1 aromatic carbocycles. The molecule has 1 heterocycles. The van der Waals surface area contributed by atoms with Crippen LogP contribution in [0, 0.1) is 0 Å². The number of hydrogen-bond acceptors (Lipinski definition) is 4. The molecule has 0 saturated heterocycles. The van der Waals surface area contributed by atoms with Crippen molar-refractivity contribution in [3.63, 3.8) is 0 Å². The zero-order valence-electron chi connectivity index (χ0n) is 11.1. The third-order valence-corrected chi connectivity index (χ3v) is 3.58. The zero-order chi connectivity index (χ0) is 13.1. The van der Waals surface area contributed by atoms with Crippen LogP contribution in [-0.2, 0) is 6.42 Å². The summed E-state index contributed by atoms with van der Waals surface area (Å²) in [7, 11) is 1.85. The molecule has 2 N–H and O–H groups in total. The Morgan fingerprint density at radius 1 is 1.16 bits per heavy atom. The van der Waals surface area contributed by atoms with E-state index in [0.29, 0.717) is 6.04 Å². The SMILES string of the molecule is CNc1cncc(NC2CCCc3ccccc32)n1. The summed E-state index contributed by atoms with van der Waals surface area (Å²) >= 11 is 0. The largest absolute Gasteiger partial charge is 0.372 e. The maximum absolute atomic E-state index is 4.47. The highest BCUT2D eigenvalue weighted by Crippen LogP contribution is 2.31. The molecular formula is C15H18N4. The Balaban J connectivity index is 1.84. The standard InChI is InChI=1S/C15H18N4/c1-16-14-9-17-10-15(19-14)18-13-8-4-6-11-5-2-3-7-12(11)13/h2-3,5,7,9-10,13H,4,6,8H2,1H3,(H2,16,18,19). The maximum Gasteiger partial charge on any atom is 0.147 e. The molecule has 0 saturated carbocycles. The predicted octanol–water partition coefficient (Wildman–Crippen LogP) is 3.01. The summed E-state index contributed by atoms with van der Waals surface area (Å²) in [6.07, 6.45) is 7.03. The van der Waals surface area contributed by atoms with Gasteiger partial charge in [0.15, 0.2) is 0 Å². The maximum atomic E-state index is 4.47. The quantitative estimate of drug-likeness (QED) is 0.884. The second kappa shape index (κ2) is 5.26. The minimum atomic E-state index is 0.339. The molecule has 4 nitrogen and oxygen atoms in total. The minimum absolute atomic E-state index is 0.339. The zero-order valence-corrected chi connectivity index (χ0v) is 11.1. The molecule has 0 radical (unpaired) electrons. The number of fused-ring (bicyclic) bond motifs is 1. The summed E-state index contributed by atoms with van der Waals surface area (Å²) in [6.45, 7) is 0. The van der Waals surface area contributed by atoms with E-state index in [0.717, 1.165) is 18.1 Å². The van der Waals surface area contributed by atoms with Crippen molar-refractivity contribution >= 4 is 11.6 Å². The van der Waals surface area contributed by atoms with Crippen molar-refractivity contribution < 1.29 is 0 Å². The van der Waals surface area contributed by atoms with Gasteiger partial charge in [0, 0.05) is 7.05 Å². The van der Waals surface area contributed by atoms with Crippen molar-refractivity contribution in [1.29, 1.82) is 0 Å². The van der Waals surface area contributed by atoms with Crippen LogP contribution in [0.4, 0.5) is 11.6 Å². The van der Waals surface area contributed by atoms with Crippen molar-refractivity contribution in [2.75, 3.05) is 17.7 Å². The van der Waals surface area contributed by atoms with E-state index < -0.39 is 0 Å². The first-order chi connectivity index (χ1) is 9.36. The Morgan fingerprint density at radius 2 is 2.00 bits per heavy atom. The normalized spacial score (nSPS) is 17.6. The van der Waals surface area contributed by atoms with Gasteiger partial charge in [0.1, 0.15) is 11.6 Å². The Hall–Kier alpha value is -2.10. The lowest BCUT2D eigenvalue weighted by atomic mass is 9.88. The summed E-state index contributed by atoms with van der Waals surface area (Å²) in [5, 5.41) is 6.51. The number of nitrogens with zero attached hydrogens (tertiary/aromatic N) is 2. The number of benzene rings is 1. The molecule has 0 spiro atoms. The smallest absolute Gasteiger partial charge is 0.147 e. The molecule has 1 aromatic heterocycles. The fourth-order valence-electron chi connectivity index (χ4n) is 2.64. The predicted molar refractivity (Wildman–Crippen MR) is 77.3 cm³/mol. The molecule has 3 rings (SSSR count). The van der Waals surface area contributed by atoms with Crippen LogP contribution in [0.25, 0.3) is 0 Å². The van der Waals surface area contributed by atoms with E-state index in [2.05, 4.69) is 44.9 Å². The lowest BCUT2D eigenvalue weighted by Crippen LogP contribution is -2.18. The Kier molecular flexibility index (Phi) is 3.31. The number of hydrogen-bond donors (Lipinski definition) is 2. The van der Waals surface area contributed by atoms with E-state index >= 15 is 0 Å². The first-order valence-electron chi connectivity index (χ1n) is 6.71. The third-order valence-electron chi connectivity index (χ3n) is 3.58. The van der Waals surface area contributed by atoms with Crippen molar-refractivity contribution in [1.82, 2.24) is 9.97 Å². The minimum Gasteiger partial charge on any atom is -0.372 e. The van der Waals surface area contributed by atoms with Gasteiger partial charge in [-0.05, 0) is 30.4 Å². The molecule has 2 aromatic rings. The number of aromatic nitrogens is 2. The van der Waals surface area contributed by atoms with Crippen LogP contribution in [0.3, 0.4) is 0 Å². The lowest BCUT2D eigenvalue weighted by molar-refractivity contribution is 0.598. The number of nitrogens with one attached hydrogen (secondary N) is 2. The van der Waals surface area contributed by atoms with E-state index in [4.69, 9.17) is 0 Å². The van der Waals surface area contributed by atoms with E-state index in [1.165, 1.54) is 24.0 Å². The van der Waals surface area contributed by atoms with Gasteiger partial charge < -0.3 is 10.6 Å². The van der Waals surface area contributed by atoms with Gasteiger partial charge in [-0.15, -0.1) is 0 Å². The molecule has 1 aliphatic rings. The van der Waals surface area contributed by atoms with Crippen LogP contribution < -0.4 is 10.6 Å². The first kappa shape index (κ1) is 12.0. The molecule has 1 unspecified atom stereocenters. The average Bonchev–Trinajstić information content (AvgIpc) is 2.48. The Bertz CT molecular complexity index is 568. The second-order valence-electron chi connectivity index (χ2n) is 4.83. The molecular weight excluding hydrogens is 236 g/mol. The van der Waals surface area contributed by atoms with Crippen LogP contribution in [-0.4, -0.2) is 17.0 Å². The van der Waals surface area contributed by atoms with Crippen LogP contribution >= 0.6 is 0 Å². The highest BCUT2D eigenvalue weighted by molar-refractivity contribution is 5.45. The van der Waals surface area contributed by atoms with Gasteiger partial charge >= 0.3 is 0 Å². The van der Waals surface area contributed by atoms with Gasteiger partial charge in [-0.2, -0.15) is 0 Å². The number of anilines is 2. The molecule has 0 bridgehead atoms. The van der Waals surface area contributed by atoms with Gasteiger partial charge in [0.05, 0.1) is 18.4 Å². The number of aryl methyl sites for hydroxylation is 1. The summed E-state index contributed by atoms with van der Waals surface area (Å²) in [4.78, 5) is 8.66. The molecule has 0 aliphatic heterocycles. The number of rotatable bonds is 3. The highest BCUT2D eigenvalue weighted by Gasteiger charge is 2.19. The summed E-state index contributed by atoms with van der Waals surface area (Å²) in [5.74, 6) is 1.61. The molecule has 1 atom stereocenters. The first-order valence-corrected chi connectivity index (χ1v) is 6.71. The third kappa shape index (κ3) is 2.52. The van der Waals surface area contributed by atoms with Crippen LogP contribution in [0.5, 0.6) is 0 Å². The van der Waals surface area contributed by atoms with Crippen molar-refractivity contribution in [3.8, 4) is 0 Å². The molecule has 4 heteroatoms. The summed E-state index contributed by atoms with van der Waals surface area (Å²) < 4.78 is 0. The summed E-state index contributed by atoms with van der Waals surface area (Å²) in [6, 6.07) is 8.99. The molecule has 98 valence electrons. The van der Waals surface area contributed by atoms with E-state index in [9.17, 15) is 0 Å². The highest BCUT2D eigenvalue weighted by atomic mass is 15.1. The van der Waals surface area contributed by atoms with Crippen molar-refractivity contribution in [3.05, 3.63) is 47.8 Å². The lowest BCUT2D eigenvalue weighted by Gasteiger charge is -2.26. The van der Waals surface area contributed by atoms with Crippen molar-refractivity contribution in [2.45, 2.75) is 25.3 Å². The van der Waals surface area contributed by atoms with E-state index in [1.54, 1.807) is 12.4 Å². The Morgan fingerprint density at radius 3 is 2.89 bits per heavy atom. The average molecular weight is 254 g/mol. The topological polar surface area (TPSA) is 49.8 Å². The van der Waals surface area contributed by atoms with E-state index in [-0.39, 0.29) is 0 Å². The van der Waals surface area contributed by atoms with Crippen LogP contribution in [0.2, 0.25) is 0 Å². The van der Waals surface area contributed by atoms with Gasteiger partial charge in [-0.3, -0.25) is 4.98 Å². The van der Waals surface area contributed by atoms with Gasteiger partial charge in [0.25, 0.3) is 0 Å². The fourth-order valence-corrected chi connectivity index (χ4v) is 2.64. The summed E-state index contributed by atoms with van der Waals surface area (Å²) in [5.41, 5.74) is 2.84. The second-order valence-corrected chi connectivity index (χ2v) is 4.83. The van der Waals surface area contributed by atoms with Gasteiger partial charge in [-0.25, -0.2) is 4.98 Å². The van der Waals surface area contributed by atoms with Crippen LogP contribution in [0.15, 0.2) is 36.7 Å².